The quantitative estimate of drug-likeness (QED) is 0.901. The topological polar surface area (TPSA) is 64.2 Å². The SMILES string of the molecule is Cc1nn(CC(=O)N2CCC(N)C(C)(C)C2)c(C)c1Cl.Cl. The van der Waals surface area contributed by atoms with E-state index in [4.69, 9.17) is 17.3 Å². The van der Waals surface area contributed by atoms with Crippen LogP contribution in [0.4, 0.5) is 0 Å². The third-order valence-electron chi connectivity index (χ3n) is 4.24. The fourth-order valence-corrected chi connectivity index (χ4v) is 2.78. The molecule has 2 rings (SSSR count). The largest absolute Gasteiger partial charge is 0.340 e. The van der Waals surface area contributed by atoms with Crippen LogP contribution in [0.15, 0.2) is 0 Å². The fraction of sp³-hybridized carbons (Fsp3) is 0.714. The minimum atomic E-state index is -0.0410. The highest BCUT2D eigenvalue weighted by atomic mass is 35.5. The summed E-state index contributed by atoms with van der Waals surface area (Å²) >= 11 is 6.11. The molecule has 0 aliphatic carbocycles. The zero-order valence-corrected chi connectivity index (χ0v) is 14.6. The number of hydrogen-bond donors (Lipinski definition) is 1. The molecule has 120 valence electrons. The van der Waals surface area contributed by atoms with E-state index >= 15 is 0 Å². The summed E-state index contributed by atoms with van der Waals surface area (Å²) in [5, 5.41) is 4.95. The van der Waals surface area contributed by atoms with Gasteiger partial charge < -0.3 is 10.6 Å². The summed E-state index contributed by atoms with van der Waals surface area (Å²) in [6.07, 6.45) is 0.844. The Labute approximate surface area is 137 Å². The number of carbonyl (C=O) groups is 1. The van der Waals surface area contributed by atoms with Gasteiger partial charge in [0.15, 0.2) is 0 Å². The van der Waals surface area contributed by atoms with Crippen molar-refractivity contribution in [1.29, 1.82) is 0 Å². The van der Waals surface area contributed by atoms with Crippen molar-refractivity contribution in [1.82, 2.24) is 14.7 Å². The van der Waals surface area contributed by atoms with E-state index < -0.39 is 0 Å². The van der Waals surface area contributed by atoms with Crippen LogP contribution in [0, 0.1) is 19.3 Å². The van der Waals surface area contributed by atoms with Crippen LogP contribution in [-0.2, 0) is 11.3 Å². The lowest BCUT2D eigenvalue weighted by atomic mass is 9.79. The van der Waals surface area contributed by atoms with Crippen molar-refractivity contribution in [3.05, 3.63) is 16.4 Å². The van der Waals surface area contributed by atoms with E-state index in [1.54, 1.807) is 4.68 Å². The molecule has 2 heterocycles. The lowest BCUT2D eigenvalue weighted by molar-refractivity contribution is -0.135. The first-order valence-corrected chi connectivity index (χ1v) is 7.33. The molecule has 0 aromatic carbocycles. The lowest BCUT2D eigenvalue weighted by Crippen LogP contribution is -2.54. The third kappa shape index (κ3) is 3.71. The summed E-state index contributed by atoms with van der Waals surface area (Å²) < 4.78 is 1.68. The van der Waals surface area contributed by atoms with Gasteiger partial charge in [-0.1, -0.05) is 25.4 Å². The van der Waals surface area contributed by atoms with Crippen LogP contribution in [0.1, 0.15) is 31.7 Å². The zero-order valence-electron chi connectivity index (χ0n) is 13.0. The van der Waals surface area contributed by atoms with Crippen molar-refractivity contribution in [3.63, 3.8) is 0 Å². The molecule has 1 unspecified atom stereocenters. The van der Waals surface area contributed by atoms with E-state index in [1.165, 1.54) is 0 Å². The average Bonchev–Trinajstić information content (AvgIpc) is 2.60. The number of hydrogen-bond acceptors (Lipinski definition) is 3. The number of halogens is 2. The molecule has 1 fully saturated rings. The van der Waals surface area contributed by atoms with E-state index in [-0.39, 0.29) is 36.3 Å². The van der Waals surface area contributed by atoms with E-state index in [0.29, 0.717) is 11.6 Å². The molecule has 1 aromatic heterocycles. The van der Waals surface area contributed by atoms with Gasteiger partial charge in [-0.25, -0.2) is 0 Å². The maximum absolute atomic E-state index is 12.4. The smallest absolute Gasteiger partial charge is 0.244 e. The normalized spacial score (nSPS) is 21.0. The second-order valence-electron chi connectivity index (χ2n) is 6.34. The number of aromatic nitrogens is 2. The summed E-state index contributed by atoms with van der Waals surface area (Å²) in [6, 6.07) is 0.148. The van der Waals surface area contributed by atoms with E-state index in [9.17, 15) is 4.79 Å². The Morgan fingerprint density at radius 2 is 2.10 bits per heavy atom. The van der Waals surface area contributed by atoms with E-state index in [1.807, 2.05) is 18.7 Å². The Bertz CT molecular complexity index is 527. The fourth-order valence-electron chi connectivity index (χ4n) is 2.64. The summed E-state index contributed by atoms with van der Waals surface area (Å²) in [5.74, 6) is 0.0761. The zero-order chi connectivity index (χ0) is 15.1. The first-order valence-electron chi connectivity index (χ1n) is 6.95. The van der Waals surface area contributed by atoms with E-state index in [2.05, 4.69) is 18.9 Å². The van der Waals surface area contributed by atoms with Gasteiger partial charge in [0.1, 0.15) is 6.54 Å². The minimum Gasteiger partial charge on any atom is -0.340 e. The Kier molecular flexibility index (Phi) is 5.69. The van der Waals surface area contributed by atoms with E-state index in [0.717, 1.165) is 24.4 Å². The molecule has 0 radical (unpaired) electrons. The highest BCUT2D eigenvalue weighted by Crippen LogP contribution is 2.28. The molecular formula is C14H24Cl2N4O. The maximum atomic E-state index is 12.4. The third-order valence-corrected chi connectivity index (χ3v) is 4.79. The molecule has 21 heavy (non-hydrogen) atoms. The van der Waals surface area contributed by atoms with Crippen LogP contribution in [0.5, 0.6) is 0 Å². The van der Waals surface area contributed by atoms with Gasteiger partial charge in [-0.05, 0) is 25.7 Å². The van der Waals surface area contributed by atoms with Gasteiger partial charge in [-0.2, -0.15) is 5.10 Å². The number of nitrogens with zero attached hydrogens (tertiary/aromatic N) is 3. The van der Waals surface area contributed by atoms with Crippen molar-refractivity contribution in [2.75, 3.05) is 13.1 Å². The van der Waals surface area contributed by atoms with Gasteiger partial charge >= 0.3 is 0 Å². The van der Waals surface area contributed by atoms with Crippen molar-refractivity contribution in [2.45, 2.75) is 46.7 Å². The van der Waals surface area contributed by atoms with Crippen molar-refractivity contribution < 1.29 is 4.79 Å². The van der Waals surface area contributed by atoms with Gasteiger partial charge in [-0.15, -0.1) is 12.4 Å². The van der Waals surface area contributed by atoms with Gasteiger partial charge in [0.05, 0.1) is 16.4 Å². The molecule has 1 atom stereocenters. The Morgan fingerprint density at radius 3 is 2.57 bits per heavy atom. The van der Waals surface area contributed by atoms with Crippen molar-refractivity contribution in [2.24, 2.45) is 11.1 Å². The predicted octanol–water partition coefficient (Wildman–Crippen LogP) is 2.16. The summed E-state index contributed by atoms with van der Waals surface area (Å²) in [4.78, 5) is 14.3. The average molecular weight is 335 g/mol. The molecule has 1 amide bonds. The number of carbonyl (C=O) groups excluding carboxylic acids is 1. The number of likely N-dealkylation sites (tertiary alicyclic amines) is 1. The molecule has 0 spiro atoms. The Morgan fingerprint density at radius 1 is 1.48 bits per heavy atom. The van der Waals surface area contributed by atoms with Gasteiger partial charge in [0.2, 0.25) is 5.91 Å². The molecule has 1 aromatic rings. The maximum Gasteiger partial charge on any atom is 0.244 e. The molecule has 5 nitrogen and oxygen atoms in total. The molecule has 1 saturated heterocycles. The number of nitrogens with two attached hydrogens (primary N) is 1. The summed E-state index contributed by atoms with van der Waals surface area (Å²) in [5.41, 5.74) is 7.66. The van der Waals surface area contributed by atoms with Crippen LogP contribution in [0.2, 0.25) is 5.02 Å². The minimum absolute atomic E-state index is 0. The molecule has 0 bridgehead atoms. The van der Waals surface area contributed by atoms with Gasteiger partial charge in [-0.3, -0.25) is 9.48 Å². The number of amides is 1. The standard InChI is InChI=1S/C14H23ClN4O.ClH/c1-9-13(15)10(2)19(17-9)7-12(20)18-6-5-11(16)14(3,4)8-18;/h11H,5-8,16H2,1-4H3;1H. The van der Waals surface area contributed by atoms with Crippen LogP contribution in [0.3, 0.4) is 0 Å². The van der Waals surface area contributed by atoms with Crippen LogP contribution in [-0.4, -0.2) is 39.7 Å². The lowest BCUT2D eigenvalue weighted by Gasteiger charge is -2.42. The highest BCUT2D eigenvalue weighted by molar-refractivity contribution is 6.31. The second-order valence-corrected chi connectivity index (χ2v) is 6.72. The number of rotatable bonds is 2. The summed E-state index contributed by atoms with van der Waals surface area (Å²) in [7, 11) is 0. The first-order chi connectivity index (χ1) is 9.22. The van der Waals surface area contributed by atoms with Gasteiger partial charge in [0.25, 0.3) is 0 Å². The van der Waals surface area contributed by atoms with Crippen LogP contribution >= 0.6 is 24.0 Å². The number of piperidine rings is 1. The monoisotopic (exact) mass is 334 g/mol. The van der Waals surface area contributed by atoms with Crippen LogP contribution in [0.25, 0.3) is 0 Å². The Balaban J connectivity index is 0.00000220. The summed E-state index contributed by atoms with van der Waals surface area (Å²) in [6.45, 7) is 9.60. The number of aryl methyl sites for hydroxylation is 1. The Hall–Kier alpha value is -0.780. The molecule has 0 saturated carbocycles. The second kappa shape index (κ2) is 6.55. The highest BCUT2D eigenvalue weighted by Gasteiger charge is 2.35. The van der Waals surface area contributed by atoms with Crippen LogP contribution < -0.4 is 5.73 Å². The van der Waals surface area contributed by atoms with Crippen molar-refractivity contribution >= 4 is 29.9 Å². The van der Waals surface area contributed by atoms with Crippen molar-refractivity contribution in [3.8, 4) is 0 Å². The predicted molar refractivity (Wildman–Crippen MR) is 86.9 cm³/mol. The molecule has 7 heteroatoms. The van der Waals surface area contributed by atoms with Gasteiger partial charge in [0, 0.05) is 19.1 Å². The first kappa shape index (κ1) is 18.3. The molecule has 1 aliphatic heterocycles. The molecular weight excluding hydrogens is 311 g/mol. The molecule has 2 N–H and O–H groups in total. The molecule has 1 aliphatic rings.